The van der Waals surface area contributed by atoms with E-state index in [4.69, 9.17) is 0 Å². The Morgan fingerprint density at radius 2 is 1.67 bits per heavy atom. The van der Waals surface area contributed by atoms with Crippen molar-refractivity contribution < 1.29 is 14.5 Å². The van der Waals surface area contributed by atoms with Crippen molar-refractivity contribution in [2.75, 3.05) is 20.1 Å². The molecule has 5 nitrogen and oxygen atoms in total. The fourth-order valence-electron chi connectivity index (χ4n) is 2.48. The lowest BCUT2D eigenvalue weighted by Gasteiger charge is -2.22. The molecule has 0 fully saturated rings. The molecule has 0 radical (unpaired) electrons. The standard InChI is InChI=1S/C19H31N3O2/c1-13-8-9-16(10-14(13)2)15(3)20-17(23)11-22(7)12-18(24)21-19(4,5)6/h8-10,15H,11-12H2,1-7H3,(H,20,23)(H,21,24)/p+1/t15-/m0/s1. The van der Waals surface area contributed by atoms with Gasteiger partial charge in [-0.1, -0.05) is 18.2 Å². The highest BCUT2D eigenvalue weighted by Crippen LogP contribution is 2.16. The van der Waals surface area contributed by atoms with Gasteiger partial charge in [-0.05, 0) is 58.2 Å². The van der Waals surface area contributed by atoms with E-state index in [1.807, 2.05) is 40.8 Å². The molecule has 0 saturated heterocycles. The molecular formula is C19H32N3O2+. The summed E-state index contributed by atoms with van der Waals surface area (Å²) >= 11 is 0. The molecular weight excluding hydrogens is 302 g/mol. The highest BCUT2D eigenvalue weighted by molar-refractivity contribution is 5.79. The van der Waals surface area contributed by atoms with Crippen molar-refractivity contribution in [3.05, 3.63) is 34.9 Å². The molecule has 3 N–H and O–H groups in total. The maximum atomic E-state index is 12.2. The third-order valence-electron chi connectivity index (χ3n) is 3.85. The zero-order chi connectivity index (χ0) is 18.5. The fraction of sp³-hybridized carbons (Fsp3) is 0.579. The number of hydrogen-bond donors (Lipinski definition) is 3. The fourth-order valence-corrected chi connectivity index (χ4v) is 2.48. The van der Waals surface area contributed by atoms with Gasteiger partial charge in [0.2, 0.25) is 0 Å². The summed E-state index contributed by atoms with van der Waals surface area (Å²) in [6.07, 6.45) is 0. The number of benzene rings is 1. The zero-order valence-electron chi connectivity index (χ0n) is 16.0. The van der Waals surface area contributed by atoms with E-state index < -0.39 is 0 Å². The van der Waals surface area contributed by atoms with Crippen LogP contribution in [0.4, 0.5) is 0 Å². The third kappa shape index (κ3) is 7.13. The van der Waals surface area contributed by atoms with Crippen LogP contribution in [0.1, 0.15) is 50.4 Å². The first-order valence-corrected chi connectivity index (χ1v) is 8.47. The minimum Gasteiger partial charge on any atom is -0.347 e. The number of nitrogens with one attached hydrogen (secondary N) is 3. The number of quaternary nitrogens is 1. The van der Waals surface area contributed by atoms with Crippen molar-refractivity contribution in [3.63, 3.8) is 0 Å². The molecule has 0 aliphatic heterocycles. The number of carbonyl (C=O) groups is 2. The second-order valence-corrected chi connectivity index (χ2v) is 7.74. The van der Waals surface area contributed by atoms with Crippen LogP contribution in [0.5, 0.6) is 0 Å². The Balaban J connectivity index is 2.50. The second-order valence-electron chi connectivity index (χ2n) is 7.74. The van der Waals surface area contributed by atoms with E-state index in [1.54, 1.807) is 0 Å². The maximum absolute atomic E-state index is 12.2. The van der Waals surface area contributed by atoms with E-state index in [1.165, 1.54) is 11.1 Å². The average Bonchev–Trinajstić information content (AvgIpc) is 2.38. The Labute approximate surface area is 145 Å². The predicted octanol–water partition coefficient (Wildman–Crippen LogP) is 0.910. The van der Waals surface area contributed by atoms with Crippen LogP contribution in [0.15, 0.2) is 18.2 Å². The molecule has 1 unspecified atom stereocenters. The second kappa shape index (κ2) is 8.29. The maximum Gasteiger partial charge on any atom is 0.275 e. The Bertz CT molecular complexity index is 591. The van der Waals surface area contributed by atoms with Gasteiger partial charge in [-0.2, -0.15) is 0 Å². The minimum atomic E-state index is -0.253. The van der Waals surface area contributed by atoms with E-state index in [-0.39, 0.29) is 36.5 Å². The van der Waals surface area contributed by atoms with Gasteiger partial charge in [0, 0.05) is 5.54 Å². The molecule has 1 rings (SSSR count). The number of carbonyl (C=O) groups excluding carboxylic acids is 2. The molecule has 0 bridgehead atoms. The first-order chi connectivity index (χ1) is 11.0. The molecule has 2 atom stereocenters. The van der Waals surface area contributed by atoms with E-state index >= 15 is 0 Å². The van der Waals surface area contributed by atoms with Gasteiger partial charge >= 0.3 is 0 Å². The number of likely N-dealkylation sites (N-methyl/N-ethyl adjacent to an activating group) is 1. The lowest BCUT2D eigenvalue weighted by Crippen LogP contribution is -3.11. The van der Waals surface area contributed by atoms with Gasteiger partial charge in [-0.15, -0.1) is 0 Å². The average molecular weight is 334 g/mol. The quantitative estimate of drug-likeness (QED) is 0.724. The number of hydrogen-bond acceptors (Lipinski definition) is 2. The molecule has 24 heavy (non-hydrogen) atoms. The monoisotopic (exact) mass is 334 g/mol. The first-order valence-electron chi connectivity index (χ1n) is 8.47. The molecule has 0 aliphatic carbocycles. The van der Waals surface area contributed by atoms with Gasteiger partial charge in [-0.3, -0.25) is 9.59 Å². The largest absolute Gasteiger partial charge is 0.347 e. The molecule has 0 aliphatic rings. The molecule has 2 amide bonds. The summed E-state index contributed by atoms with van der Waals surface area (Å²) in [6.45, 7) is 12.5. The summed E-state index contributed by atoms with van der Waals surface area (Å²) in [7, 11) is 1.85. The predicted molar refractivity (Wildman–Crippen MR) is 97.0 cm³/mol. The Morgan fingerprint density at radius 1 is 1.08 bits per heavy atom. The SMILES string of the molecule is Cc1ccc([C@H](C)NC(=O)C[NH+](C)CC(=O)NC(C)(C)C)cc1C. The van der Waals surface area contributed by atoms with E-state index in [0.717, 1.165) is 10.5 Å². The number of rotatable bonds is 6. The third-order valence-corrected chi connectivity index (χ3v) is 3.85. The van der Waals surface area contributed by atoms with Crippen LogP contribution in [0, 0.1) is 13.8 Å². The van der Waals surface area contributed by atoms with Crippen molar-refractivity contribution in [3.8, 4) is 0 Å². The van der Waals surface area contributed by atoms with Crippen LogP contribution >= 0.6 is 0 Å². The van der Waals surface area contributed by atoms with E-state index in [9.17, 15) is 9.59 Å². The molecule has 5 heteroatoms. The number of aryl methyl sites for hydroxylation is 2. The van der Waals surface area contributed by atoms with E-state index in [2.05, 4.69) is 36.6 Å². The minimum absolute atomic E-state index is 0.0463. The summed E-state index contributed by atoms with van der Waals surface area (Å²) in [5, 5.41) is 5.91. The Kier molecular flexibility index (Phi) is 6.96. The smallest absolute Gasteiger partial charge is 0.275 e. The summed E-state index contributed by atoms with van der Waals surface area (Å²) in [4.78, 5) is 25.0. The first kappa shape index (κ1) is 20.2. The van der Waals surface area contributed by atoms with Crippen molar-refractivity contribution in [1.29, 1.82) is 0 Å². The van der Waals surface area contributed by atoms with Crippen molar-refractivity contribution in [2.24, 2.45) is 0 Å². The zero-order valence-corrected chi connectivity index (χ0v) is 16.0. The van der Waals surface area contributed by atoms with Gasteiger partial charge in [0.25, 0.3) is 11.8 Å². The van der Waals surface area contributed by atoms with Gasteiger partial charge < -0.3 is 15.5 Å². The van der Waals surface area contributed by atoms with Crippen LogP contribution in [0.25, 0.3) is 0 Å². The normalized spacial score (nSPS) is 14.0. The van der Waals surface area contributed by atoms with Gasteiger partial charge in [-0.25, -0.2) is 0 Å². The number of amides is 2. The van der Waals surface area contributed by atoms with Crippen molar-refractivity contribution in [1.82, 2.24) is 10.6 Å². The molecule has 134 valence electrons. The van der Waals surface area contributed by atoms with Crippen LogP contribution in [-0.4, -0.2) is 37.5 Å². The molecule has 1 aromatic rings. The van der Waals surface area contributed by atoms with Gasteiger partial charge in [0.1, 0.15) is 0 Å². The summed E-state index contributed by atoms with van der Waals surface area (Å²) in [5.41, 5.74) is 3.30. The molecule has 0 aromatic heterocycles. The molecule has 0 saturated carbocycles. The van der Waals surface area contributed by atoms with Gasteiger partial charge in [0.05, 0.1) is 13.1 Å². The van der Waals surface area contributed by atoms with Crippen LogP contribution in [0.2, 0.25) is 0 Å². The van der Waals surface area contributed by atoms with Crippen molar-refractivity contribution >= 4 is 11.8 Å². The molecule has 1 aromatic carbocycles. The summed E-state index contributed by atoms with van der Waals surface area (Å²) < 4.78 is 0. The molecule has 0 spiro atoms. The molecule has 0 heterocycles. The van der Waals surface area contributed by atoms with Crippen LogP contribution in [-0.2, 0) is 9.59 Å². The van der Waals surface area contributed by atoms with Crippen LogP contribution < -0.4 is 15.5 Å². The summed E-state index contributed by atoms with van der Waals surface area (Å²) in [6, 6.07) is 6.17. The highest BCUT2D eigenvalue weighted by Gasteiger charge is 2.19. The van der Waals surface area contributed by atoms with Crippen molar-refractivity contribution in [2.45, 2.75) is 53.1 Å². The topological polar surface area (TPSA) is 62.6 Å². The highest BCUT2D eigenvalue weighted by atomic mass is 16.2. The Hall–Kier alpha value is -1.88. The summed E-state index contributed by atoms with van der Waals surface area (Å²) in [5.74, 6) is -0.100. The lowest BCUT2D eigenvalue weighted by atomic mass is 10.0. The van der Waals surface area contributed by atoms with E-state index in [0.29, 0.717) is 0 Å². The lowest BCUT2D eigenvalue weighted by molar-refractivity contribution is -0.862. The van der Waals surface area contributed by atoms with Crippen LogP contribution in [0.3, 0.4) is 0 Å². The van der Waals surface area contributed by atoms with Gasteiger partial charge in [0.15, 0.2) is 13.1 Å². The Morgan fingerprint density at radius 3 is 2.21 bits per heavy atom.